The summed E-state index contributed by atoms with van der Waals surface area (Å²) in [7, 11) is 0. The number of aromatic nitrogens is 1. The summed E-state index contributed by atoms with van der Waals surface area (Å²) >= 11 is 0. The average Bonchev–Trinajstić information content (AvgIpc) is 2.64. The number of anilines is 1. The van der Waals surface area contributed by atoms with E-state index < -0.39 is 0 Å². The number of fused-ring (bicyclic) bond motifs is 1. The molecule has 0 radical (unpaired) electrons. The van der Waals surface area contributed by atoms with Gasteiger partial charge in [-0.3, -0.25) is 9.78 Å². The maximum atomic E-state index is 12.4. The number of aryl methyl sites for hydroxylation is 1. The fourth-order valence-corrected chi connectivity index (χ4v) is 2.92. The van der Waals surface area contributed by atoms with Gasteiger partial charge >= 0.3 is 0 Å². The third kappa shape index (κ3) is 4.11. The van der Waals surface area contributed by atoms with Gasteiger partial charge in [-0.05, 0) is 43.7 Å². The molecule has 2 aromatic carbocycles. The van der Waals surface area contributed by atoms with Crippen molar-refractivity contribution in [1.29, 1.82) is 0 Å². The van der Waals surface area contributed by atoms with Gasteiger partial charge < -0.3 is 20.9 Å². The standard InChI is InChI=1S/C21H23N3O3/c1-3-14(24-21(26)15-7-4-5-9-18(15)25)12-27-19-10-6-8-17-20(19)16(22)11-13(2)23-17/h4-11,14,25H,3,12H2,1-2H3,(H2,22,23)(H,24,26). The van der Waals surface area contributed by atoms with Crippen LogP contribution in [0.15, 0.2) is 48.5 Å². The molecule has 1 heterocycles. The predicted molar refractivity (Wildman–Crippen MR) is 106 cm³/mol. The number of hydrogen-bond acceptors (Lipinski definition) is 5. The topological polar surface area (TPSA) is 97.5 Å². The summed E-state index contributed by atoms with van der Waals surface area (Å²) in [6.45, 7) is 4.13. The van der Waals surface area contributed by atoms with E-state index in [2.05, 4.69) is 10.3 Å². The number of nitrogen functional groups attached to an aromatic ring is 1. The maximum Gasteiger partial charge on any atom is 0.255 e. The van der Waals surface area contributed by atoms with E-state index in [1.165, 1.54) is 6.07 Å². The number of para-hydroxylation sites is 1. The Labute approximate surface area is 158 Å². The molecule has 1 amide bonds. The van der Waals surface area contributed by atoms with Gasteiger partial charge in [0.05, 0.1) is 22.5 Å². The summed E-state index contributed by atoms with van der Waals surface area (Å²) in [5, 5.41) is 13.5. The van der Waals surface area contributed by atoms with Crippen molar-refractivity contribution >= 4 is 22.5 Å². The van der Waals surface area contributed by atoms with Crippen molar-refractivity contribution in [2.45, 2.75) is 26.3 Å². The monoisotopic (exact) mass is 365 g/mol. The Morgan fingerprint density at radius 1 is 1.26 bits per heavy atom. The van der Waals surface area contributed by atoms with Crippen LogP contribution in [0.2, 0.25) is 0 Å². The number of nitrogens with two attached hydrogens (primary N) is 1. The highest BCUT2D eigenvalue weighted by molar-refractivity contribution is 5.97. The number of nitrogens with zero attached hydrogens (tertiary/aromatic N) is 1. The van der Waals surface area contributed by atoms with Gasteiger partial charge in [-0.2, -0.15) is 0 Å². The minimum Gasteiger partial charge on any atom is -0.507 e. The Morgan fingerprint density at radius 2 is 2.04 bits per heavy atom. The molecule has 0 spiro atoms. The summed E-state index contributed by atoms with van der Waals surface area (Å²) in [6, 6.07) is 13.6. The second-order valence-electron chi connectivity index (χ2n) is 6.41. The van der Waals surface area contributed by atoms with Gasteiger partial charge in [0.15, 0.2) is 0 Å². The molecule has 6 heteroatoms. The Hall–Kier alpha value is -3.28. The molecule has 3 rings (SSSR count). The summed E-state index contributed by atoms with van der Waals surface area (Å²) in [4.78, 5) is 16.9. The first-order chi connectivity index (χ1) is 13.0. The van der Waals surface area contributed by atoms with Crippen molar-refractivity contribution in [3.63, 3.8) is 0 Å². The third-order valence-electron chi connectivity index (χ3n) is 4.37. The number of nitrogens with one attached hydrogen (secondary N) is 1. The number of phenolic OH excluding ortho intramolecular Hbond substituents is 1. The zero-order valence-corrected chi connectivity index (χ0v) is 15.4. The normalized spacial score (nSPS) is 11.9. The second-order valence-corrected chi connectivity index (χ2v) is 6.41. The number of aromatic hydroxyl groups is 1. The van der Waals surface area contributed by atoms with E-state index in [9.17, 15) is 9.90 Å². The van der Waals surface area contributed by atoms with Crippen LogP contribution in [0.1, 0.15) is 29.4 Å². The Morgan fingerprint density at radius 3 is 2.78 bits per heavy atom. The van der Waals surface area contributed by atoms with Crippen LogP contribution in [-0.2, 0) is 0 Å². The largest absolute Gasteiger partial charge is 0.507 e. The van der Waals surface area contributed by atoms with Crippen molar-refractivity contribution in [2.75, 3.05) is 12.3 Å². The first kappa shape index (κ1) is 18.5. The Kier molecular flexibility index (Phi) is 5.45. The molecule has 0 aliphatic carbocycles. The number of phenols is 1. The molecular weight excluding hydrogens is 342 g/mol. The zero-order valence-electron chi connectivity index (χ0n) is 15.4. The number of amides is 1. The summed E-state index contributed by atoms with van der Waals surface area (Å²) in [5.74, 6) is 0.250. The van der Waals surface area contributed by atoms with Gasteiger partial charge in [-0.25, -0.2) is 0 Å². The lowest BCUT2D eigenvalue weighted by Crippen LogP contribution is -2.38. The lowest BCUT2D eigenvalue weighted by atomic mass is 10.1. The molecule has 0 bridgehead atoms. The van der Waals surface area contributed by atoms with Gasteiger partial charge in [-0.15, -0.1) is 0 Å². The van der Waals surface area contributed by atoms with E-state index in [4.69, 9.17) is 10.5 Å². The third-order valence-corrected chi connectivity index (χ3v) is 4.37. The van der Waals surface area contributed by atoms with Gasteiger partial charge in [0, 0.05) is 11.4 Å². The van der Waals surface area contributed by atoms with Crippen LogP contribution in [0.3, 0.4) is 0 Å². The van der Waals surface area contributed by atoms with E-state index >= 15 is 0 Å². The van der Waals surface area contributed by atoms with Gasteiger partial charge in [0.2, 0.25) is 0 Å². The molecule has 27 heavy (non-hydrogen) atoms. The Balaban J connectivity index is 1.74. The van der Waals surface area contributed by atoms with Gasteiger partial charge in [0.25, 0.3) is 5.91 Å². The number of hydrogen-bond donors (Lipinski definition) is 3. The van der Waals surface area contributed by atoms with Gasteiger partial charge in [-0.1, -0.05) is 25.1 Å². The molecule has 0 aliphatic rings. The number of carbonyl (C=O) groups is 1. The SMILES string of the molecule is CCC(COc1cccc2nc(C)cc(N)c12)NC(=O)c1ccccc1O. The Bertz CT molecular complexity index is 972. The first-order valence-corrected chi connectivity index (χ1v) is 8.87. The van der Waals surface area contributed by atoms with Crippen LogP contribution in [0.25, 0.3) is 10.9 Å². The lowest BCUT2D eigenvalue weighted by Gasteiger charge is -2.19. The van der Waals surface area contributed by atoms with E-state index in [0.29, 0.717) is 17.9 Å². The van der Waals surface area contributed by atoms with Crippen molar-refractivity contribution in [2.24, 2.45) is 0 Å². The number of benzene rings is 2. The van der Waals surface area contributed by atoms with Crippen molar-refractivity contribution in [3.05, 3.63) is 59.8 Å². The lowest BCUT2D eigenvalue weighted by molar-refractivity contribution is 0.0917. The van der Waals surface area contributed by atoms with Crippen molar-refractivity contribution < 1.29 is 14.6 Å². The number of carbonyl (C=O) groups excluding carboxylic acids is 1. The maximum absolute atomic E-state index is 12.4. The summed E-state index contributed by atoms with van der Waals surface area (Å²) in [5.41, 5.74) is 8.62. The minimum atomic E-state index is -0.335. The predicted octanol–water partition coefficient (Wildman–Crippen LogP) is 3.42. The molecular formula is C21H23N3O3. The summed E-state index contributed by atoms with van der Waals surface area (Å²) < 4.78 is 5.96. The fraction of sp³-hybridized carbons (Fsp3) is 0.238. The first-order valence-electron chi connectivity index (χ1n) is 8.87. The van der Waals surface area contributed by atoms with Gasteiger partial charge in [0.1, 0.15) is 18.1 Å². The molecule has 0 saturated heterocycles. The zero-order chi connectivity index (χ0) is 19.4. The molecule has 0 aliphatic heterocycles. The van der Waals surface area contributed by atoms with Crippen LogP contribution in [0.4, 0.5) is 5.69 Å². The van der Waals surface area contributed by atoms with E-state index in [-0.39, 0.29) is 29.9 Å². The molecule has 0 fully saturated rings. The highest BCUT2D eigenvalue weighted by atomic mass is 16.5. The molecule has 3 aromatic rings. The van der Waals surface area contributed by atoms with Crippen LogP contribution in [0, 0.1) is 6.92 Å². The summed E-state index contributed by atoms with van der Waals surface area (Å²) in [6.07, 6.45) is 0.678. The molecule has 140 valence electrons. The smallest absolute Gasteiger partial charge is 0.255 e. The molecule has 0 saturated carbocycles. The number of pyridine rings is 1. The molecule has 4 N–H and O–H groups in total. The van der Waals surface area contributed by atoms with Crippen LogP contribution in [-0.4, -0.2) is 28.6 Å². The van der Waals surface area contributed by atoms with Crippen LogP contribution in [0.5, 0.6) is 11.5 Å². The molecule has 1 atom stereocenters. The molecule has 1 aromatic heterocycles. The van der Waals surface area contributed by atoms with E-state index in [1.54, 1.807) is 18.2 Å². The highest BCUT2D eigenvalue weighted by Crippen LogP contribution is 2.30. The number of rotatable bonds is 6. The van der Waals surface area contributed by atoms with E-state index in [0.717, 1.165) is 16.6 Å². The van der Waals surface area contributed by atoms with Crippen LogP contribution < -0.4 is 15.8 Å². The minimum absolute atomic E-state index is 0.0472. The fourth-order valence-electron chi connectivity index (χ4n) is 2.92. The molecule has 1 unspecified atom stereocenters. The highest BCUT2D eigenvalue weighted by Gasteiger charge is 2.16. The molecule has 6 nitrogen and oxygen atoms in total. The number of ether oxygens (including phenoxy) is 1. The second kappa shape index (κ2) is 7.95. The average molecular weight is 365 g/mol. The van der Waals surface area contributed by atoms with Crippen molar-refractivity contribution in [3.8, 4) is 11.5 Å². The van der Waals surface area contributed by atoms with Crippen LogP contribution >= 0.6 is 0 Å². The quantitative estimate of drug-likeness (QED) is 0.622. The van der Waals surface area contributed by atoms with Crippen molar-refractivity contribution in [1.82, 2.24) is 10.3 Å². The van der Waals surface area contributed by atoms with E-state index in [1.807, 2.05) is 38.1 Å².